The van der Waals surface area contributed by atoms with Crippen molar-refractivity contribution in [2.45, 2.75) is 33.2 Å². The first-order valence-electron chi connectivity index (χ1n) is 9.14. The van der Waals surface area contributed by atoms with Crippen LogP contribution in [-0.4, -0.2) is 22.4 Å². The highest BCUT2D eigenvalue weighted by atomic mass is 35.5. The van der Waals surface area contributed by atoms with Crippen LogP contribution in [0.25, 0.3) is 11.3 Å². The quantitative estimate of drug-likeness (QED) is 0.457. The van der Waals surface area contributed by atoms with Crippen molar-refractivity contribution in [1.82, 2.24) is 9.97 Å². The van der Waals surface area contributed by atoms with Crippen molar-refractivity contribution in [1.29, 1.82) is 0 Å². The number of hydrogen-bond donors (Lipinski definition) is 2. The van der Waals surface area contributed by atoms with Gasteiger partial charge in [-0.1, -0.05) is 35.9 Å². The Labute approximate surface area is 177 Å². The predicted molar refractivity (Wildman–Crippen MR) is 112 cm³/mol. The summed E-state index contributed by atoms with van der Waals surface area (Å²) in [5, 5.41) is 6.82. The van der Waals surface area contributed by atoms with Gasteiger partial charge in [-0.15, -0.1) is 13.2 Å². The molecule has 0 amide bonds. The van der Waals surface area contributed by atoms with Gasteiger partial charge in [-0.3, -0.25) is 0 Å². The fourth-order valence-corrected chi connectivity index (χ4v) is 3.02. The summed E-state index contributed by atoms with van der Waals surface area (Å²) in [6.45, 7) is 5.76. The van der Waals surface area contributed by atoms with Crippen LogP contribution in [0.2, 0.25) is 5.02 Å². The van der Waals surface area contributed by atoms with Gasteiger partial charge in [0.2, 0.25) is 5.95 Å². The Morgan fingerprint density at radius 3 is 2.43 bits per heavy atom. The summed E-state index contributed by atoms with van der Waals surface area (Å²) < 4.78 is 41.8. The fraction of sp³-hybridized carbons (Fsp3) is 0.238. The molecule has 2 N–H and O–H groups in total. The van der Waals surface area contributed by atoms with E-state index >= 15 is 0 Å². The van der Waals surface area contributed by atoms with Gasteiger partial charge in [0, 0.05) is 17.7 Å². The monoisotopic (exact) mass is 436 g/mol. The van der Waals surface area contributed by atoms with Crippen molar-refractivity contribution in [3.8, 4) is 17.0 Å². The molecule has 0 spiro atoms. The first kappa shape index (κ1) is 21.7. The van der Waals surface area contributed by atoms with Gasteiger partial charge in [0.1, 0.15) is 11.6 Å². The molecule has 3 aromatic rings. The Morgan fingerprint density at radius 2 is 1.77 bits per heavy atom. The molecule has 0 unspecified atom stereocenters. The zero-order valence-electron chi connectivity index (χ0n) is 16.5. The normalized spacial score (nSPS) is 11.5. The minimum atomic E-state index is -4.77. The van der Waals surface area contributed by atoms with E-state index in [2.05, 4.69) is 25.3 Å². The fourth-order valence-electron chi connectivity index (χ4n) is 2.75. The summed E-state index contributed by atoms with van der Waals surface area (Å²) in [6.07, 6.45) is -4.77. The van der Waals surface area contributed by atoms with E-state index in [-0.39, 0.29) is 11.8 Å². The Bertz CT molecular complexity index is 1020. The van der Waals surface area contributed by atoms with Gasteiger partial charge in [-0.2, -0.15) is 4.98 Å². The molecule has 158 valence electrons. The second-order valence-corrected chi connectivity index (χ2v) is 7.30. The number of hydrogen-bond acceptors (Lipinski definition) is 5. The number of ether oxygens (including phenoxy) is 1. The summed E-state index contributed by atoms with van der Waals surface area (Å²) in [4.78, 5) is 8.89. The Kier molecular flexibility index (Phi) is 6.36. The van der Waals surface area contributed by atoms with Gasteiger partial charge in [0.05, 0.1) is 16.4 Å². The molecule has 0 saturated carbocycles. The molecule has 0 aliphatic carbocycles. The molecule has 2 aromatic carbocycles. The molecule has 30 heavy (non-hydrogen) atoms. The van der Waals surface area contributed by atoms with E-state index in [9.17, 15) is 13.2 Å². The van der Waals surface area contributed by atoms with E-state index < -0.39 is 6.36 Å². The van der Waals surface area contributed by atoms with Crippen LogP contribution in [0.5, 0.6) is 5.75 Å². The van der Waals surface area contributed by atoms with Crippen LogP contribution in [-0.2, 0) is 0 Å². The van der Waals surface area contributed by atoms with Gasteiger partial charge < -0.3 is 15.4 Å². The van der Waals surface area contributed by atoms with Crippen molar-refractivity contribution < 1.29 is 17.9 Å². The maximum atomic E-state index is 12.6. The van der Waals surface area contributed by atoms with Gasteiger partial charge >= 0.3 is 6.36 Å². The van der Waals surface area contributed by atoms with Crippen LogP contribution in [0, 0.1) is 6.92 Å². The van der Waals surface area contributed by atoms with Gasteiger partial charge in [-0.25, -0.2) is 4.98 Å². The Balaban J connectivity index is 2.02. The third-order valence-corrected chi connectivity index (χ3v) is 4.30. The van der Waals surface area contributed by atoms with Crippen LogP contribution in [0.3, 0.4) is 0 Å². The number of rotatable bonds is 6. The number of alkyl halides is 3. The average molecular weight is 437 g/mol. The Morgan fingerprint density at radius 1 is 1.03 bits per heavy atom. The third-order valence-electron chi connectivity index (χ3n) is 3.98. The second kappa shape index (κ2) is 8.79. The number of benzene rings is 2. The molecule has 0 bridgehead atoms. The van der Waals surface area contributed by atoms with Gasteiger partial charge in [0.15, 0.2) is 0 Å². The van der Waals surface area contributed by atoms with Crippen molar-refractivity contribution in [3.05, 3.63) is 59.1 Å². The third kappa shape index (κ3) is 5.76. The number of halogens is 4. The average Bonchev–Trinajstić information content (AvgIpc) is 2.63. The molecular formula is C21H20ClF3N4O. The lowest BCUT2D eigenvalue weighted by Crippen LogP contribution is -2.17. The van der Waals surface area contributed by atoms with E-state index in [1.165, 1.54) is 18.2 Å². The van der Waals surface area contributed by atoms with E-state index in [1.54, 1.807) is 18.2 Å². The summed E-state index contributed by atoms with van der Waals surface area (Å²) in [5.41, 5.74) is 2.48. The molecule has 0 aliphatic heterocycles. The molecule has 1 aromatic heterocycles. The van der Waals surface area contributed by atoms with Crippen LogP contribution in [0.1, 0.15) is 19.4 Å². The maximum absolute atomic E-state index is 12.6. The molecule has 0 fully saturated rings. The molecule has 0 atom stereocenters. The minimum Gasteiger partial charge on any atom is -0.406 e. The van der Waals surface area contributed by atoms with E-state index in [0.717, 1.165) is 5.56 Å². The zero-order valence-corrected chi connectivity index (χ0v) is 17.3. The number of nitrogens with one attached hydrogen (secondary N) is 2. The summed E-state index contributed by atoms with van der Waals surface area (Å²) >= 11 is 6.30. The van der Waals surface area contributed by atoms with E-state index in [4.69, 9.17) is 11.6 Å². The molecule has 5 nitrogen and oxygen atoms in total. The standard InChI is InChI=1S/C21H20ClF3N4O/c1-12(2)26-20-27-17(14-7-5-8-15(10-14)30-21(23,24)25)11-18(29-20)28-19-13(3)6-4-9-16(19)22/h4-12H,1-3H3,(H2,26,27,28,29). The van der Waals surface area contributed by atoms with Crippen molar-refractivity contribution >= 4 is 29.1 Å². The number of anilines is 3. The van der Waals surface area contributed by atoms with Crippen LogP contribution in [0.15, 0.2) is 48.5 Å². The van der Waals surface area contributed by atoms with Crippen LogP contribution >= 0.6 is 11.6 Å². The predicted octanol–water partition coefficient (Wildman–Crippen LogP) is 6.57. The second-order valence-electron chi connectivity index (χ2n) is 6.89. The number of para-hydroxylation sites is 1. The van der Waals surface area contributed by atoms with Gasteiger partial charge in [-0.05, 0) is 44.5 Å². The smallest absolute Gasteiger partial charge is 0.406 e. The highest BCUT2D eigenvalue weighted by Gasteiger charge is 2.31. The highest BCUT2D eigenvalue weighted by Crippen LogP contribution is 2.32. The summed E-state index contributed by atoms with van der Waals surface area (Å²) in [6, 6.07) is 12.8. The van der Waals surface area contributed by atoms with Crippen molar-refractivity contribution in [2.75, 3.05) is 10.6 Å². The molecule has 0 saturated heterocycles. The molecule has 3 rings (SSSR count). The minimum absolute atomic E-state index is 0.0510. The summed E-state index contributed by atoms with van der Waals surface area (Å²) in [5.74, 6) is 0.451. The first-order valence-corrected chi connectivity index (χ1v) is 9.52. The topological polar surface area (TPSA) is 59.1 Å². The van der Waals surface area contributed by atoms with Gasteiger partial charge in [0.25, 0.3) is 0 Å². The molecule has 1 heterocycles. The van der Waals surface area contributed by atoms with Crippen molar-refractivity contribution in [2.24, 2.45) is 0 Å². The summed E-state index contributed by atoms with van der Waals surface area (Å²) in [7, 11) is 0. The van der Waals surface area contributed by atoms with E-state index in [0.29, 0.717) is 33.7 Å². The first-order chi connectivity index (χ1) is 14.1. The lowest BCUT2D eigenvalue weighted by Gasteiger charge is -2.15. The molecular weight excluding hydrogens is 417 g/mol. The molecule has 0 aliphatic rings. The Hall–Kier alpha value is -3.00. The van der Waals surface area contributed by atoms with E-state index in [1.807, 2.05) is 32.9 Å². The lowest BCUT2D eigenvalue weighted by molar-refractivity contribution is -0.274. The number of nitrogens with zero attached hydrogens (tertiary/aromatic N) is 2. The zero-order chi connectivity index (χ0) is 21.9. The molecule has 9 heteroatoms. The highest BCUT2D eigenvalue weighted by molar-refractivity contribution is 6.33. The van der Waals surface area contributed by atoms with Crippen LogP contribution < -0.4 is 15.4 Å². The van der Waals surface area contributed by atoms with Crippen LogP contribution in [0.4, 0.5) is 30.6 Å². The SMILES string of the molecule is Cc1cccc(Cl)c1Nc1cc(-c2cccc(OC(F)(F)F)c2)nc(NC(C)C)n1. The largest absolute Gasteiger partial charge is 0.573 e. The number of aromatic nitrogens is 2. The number of aryl methyl sites for hydroxylation is 1. The molecule has 0 radical (unpaired) electrons. The lowest BCUT2D eigenvalue weighted by atomic mass is 10.1. The van der Waals surface area contributed by atoms with Crippen molar-refractivity contribution in [3.63, 3.8) is 0 Å². The maximum Gasteiger partial charge on any atom is 0.573 e.